The topological polar surface area (TPSA) is 42.8 Å². The largest absolute Gasteiger partial charge is 0.490 e. The second kappa shape index (κ2) is 8.65. The molecule has 0 aliphatic carbocycles. The van der Waals surface area contributed by atoms with Gasteiger partial charge in [-0.1, -0.05) is 29.3 Å². The van der Waals surface area contributed by atoms with Gasteiger partial charge in [-0.15, -0.1) is 0 Å². The first-order chi connectivity index (χ1) is 11.1. The Hall–Kier alpha value is -1.91. The molecule has 0 radical (unpaired) electrons. The van der Waals surface area contributed by atoms with Crippen LogP contribution < -0.4 is 14.9 Å². The molecule has 0 spiro atoms. The molecular weight excluding hydrogens is 335 g/mol. The van der Waals surface area contributed by atoms with Crippen LogP contribution in [0, 0.1) is 0 Å². The molecule has 0 saturated heterocycles. The van der Waals surface area contributed by atoms with E-state index < -0.39 is 0 Å². The fourth-order valence-corrected chi connectivity index (χ4v) is 2.39. The molecule has 4 nitrogen and oxygen atoms in total. The maximum absolute atomic E-state index is 6.16. The van der Waals surface area contributed by atoms with E-state index >= 15 is 0 Å². The monoisotopic (exact) mass is 352 g/mol. The SMILES string of the molecule is CCOc1cc(/C=N/NC)ccc1OCc1ccc(Cl)cc1Cl. The van der Waals surface area contributed by atoms with E-state index in [2.05, 4.69) is 10.5 Å². The van der Waals surface area contributed by atoms with E-state index in [0.29, 0.717) is 34.8 Å². The van der Waals surface area contributed by atoms with Crippen molar-refractivity contribution in [2.75, 3.05) is 13.7 Å². The molecule has 2 aromatic rings. The number of nitrogens with one attached hydrogen (secondary N) is 1. The van der Waals surface area contributed by atoms with E-state index in [4.69, 9.17) is 32.7 Å². The van der Waals surface area contributed by atoms with Crippen molar-refractivity contribution in [3.63, 3.8) is 0 Å². The van der Waals surface area contributed by atoms with Gasteiger partial charge in [0, 0.05) is 22.7 Å². The summed E-state index contributed by atoms with van der Waals surface area (Å²) in [4.78, 5) is 0. The third-order valence-electron chi connectivity index (χ3n) is 3.01. The number of rotatable bonds is 7. The van der Waals surface area contributed by atoms with Crippen molar-refractivity contribution in [2.24, 2.45) is 5.10 Å². The highest BCUT2D eigenvalue weighted by atomic mass is 35.5. The predicted octanol–water partition coefficient (Wildman–Crippen LogP) is 4.52. The van der Waals surface area contributed by atoms with Gasteiger partial charge in [0.25, 0.3) is 0 Å². The fraction of sp³-hybridized carbons (Fsp3) is 0.235. The highest BCUT2D eigenvalue weighted by Gasteiger charge is 2.08. The summed E-state index contributed by atoms with van der Waals surface area (Å²) in [5.74, 6) is 1.32. The van der Waals surface area contributed by atoms with Crippen LogP contribution in [0.5, 0.6) is 11.5 Å². The van der Waals surface area contributed by atoms with Gasteiger partial charge < -0.3 is 14.9 Å². The van der Waals surface area contributed by atoms with Crippen LogP contribution in [0.1, 0.15) is 18.1 Å². The number of hydrogen-bond acceptors (Lipinski definition) is 4. The normalized spacial score (nSPS) is 10.8. The molecule has 23 heavy (non-hydrogen) atoms. The highest BCUT2D eigenvalue weighted by Crippen LogP contribution is 2.30. The summed E-state index contributed by atoms with van der Waals surface area (Å²) in [6.07, 6.45) is 1.71. The lowest BCUT2D eigenvalue weighted by atomic mass is 10.2. The van der Waals surface area contributed by atoms with Crippen LogP contribution in [-0.4, -0.2) is 19.9 Å². The summed E-state index contributed by atoms with van der Waals surface area (Å²) in [5.41, 5.74) is 4.49. The molecule has 0 aliphatic heterocycles. The van der Waals surface area contributed by atoms with Crippen LogP contribution in [0.25, 0.3) is 0 Å². The molecular formula is C17H18Cl2N2O2. The van der Waals surface area contributed by atoms with Crippen molar-refractivity contribution in [3.8, 4) is 11.5 Å². The van der Waals surface area contributed by atoms with Crippen molar-refractivity contribution in [2.45, 2.75) is 13.5 Å². The van der Waals surface area contributed by atoms with Crippen molar-refractivity contribution < 1.29 is 9.47 Å². The number of ether oxygens (including phenoxy) is 2. The molecule has 0 saturated carbocycles. The van der Waals surface area contributed by atoms with E-state index in [0.717, 1.165) is 11.1 Å². The molecule has 0 fully saturated rings. The number of hydrogen-bond donors (Lipinski definition) is 1. The Balaban J connectivity index is 2.16. The Morgan fingerprint density at radius 1 is 1.09 bits per heavy atom. The standard InChI is InChI=1S/C17H18Cl2N2O2/c1-3-22-17-8-12(10-21-20-2)4-7-16(17)23-11-13-5-6-14(18)9-15(13)19/h4-10,20H,3,11H2,1-2H3/b21-10+. The van der Waals surface area contributed by atoms with Gasteiger partial charge in [-0.3, -0.25) is 0 Å². The molecule has 6 heteroatoms. The van der Waals surface area contributed by atoms with Crippen LogP contribution in [0.4, 0.5) is 0 Å². The summed E-state index contributed by atoms with van der Waals surface area (Å²) in [7, 11) is 1.74. The summed E-state index contributed by atoms with van der Waals surface area (Å²) in [6.45, 7) is 2.80. The summed E-state index contributed by atoms with van der Waals surface area (Å²) >= 11 is 12.1. The van der Waals surface area contributed by atoms with Crippen molar-refractivity contribution in [3.05, 3.63) is 57.6 Å². The van der Waals surface area contributed by atoms with Gasteiger partial charge in [0.2, 0.25) is 0 Å². The number of benzene rings is 2. The molecule has 122 valence electrons. The highest BCUT2D eigenvalue weighted by molar-refractivity contribution is 6.35. The van der Waals surface area contributed by atoms with Crippen LogP contribution in [0.2, 0.25) is 10.0 Å². The van der Waals surface area contributed by atoms with Gasteiger partial charge in [-0.2, -0.15) is 5.10 Å². The predicted molar refractivity (Wildman–Crippen MR) is 95.1 cm³/mol. The van der Waals surface area contributed by atoms with Crippen LogP contribution >= 0.6 is 23.2 Å². The van der Waals surface area contributed by atoms with E-state index in [1.165, 1.54) is 0 Å². The average Bonchev–Trinajstić information content (AvgIpc) is 2.53. The number of halogens is 2. The molecule has 2 rings (SSSR count). The van der Waals surface area contributed by atoms with E-state index in [-0.39, 0.29) is 0 Å². The van der Waals surface area contributed by atoms with E-state index in [1.54, 1.807) is 25.4 Å². The zero-order valence-corrected chi connectivity index (χ0v) is 14.5. The minimum Gasteiger partial charge on any atom is -0.490 e. The van der Waals surface area contributed by atoms with Crippen LogP contribution in [0.15, 0.2) is 41.5 Å². The number of hydrazone groups is 1. The third kappa shape index (κ3) is 5.05. The Morgan fingerprint density at radius 2 is 1.91 bits per heavy atom. The van der Waals surface area contributed by atoms with E-state index in [1.807, 2.05) is 31.2 Å². The van der Waals surface area contributed by atoms with Gasteiger partial charge >= 0.3 is 0 Å². The smallest absolute Gasteiger partial charge is 0.161 e. The summed E-state index contributed by atoms with van der Waals surface area (Å²) < 4.78 is 11.5. The van der Waals surface area contributed by atoms with Crippen molar-refractivity contribution >= 4 is 29.4 Å². The van der Waals surface area contributed by atoms with Gasteiger partial charge in [-0.05, 0) is 42.8 Å². The van der Waals surface area contributed by atoms with Gasteiger partial charge in [0.15, 0.2) is 11.5 Å². The molecule has 0 bridgehead atoms. The Kier molecular flexibility index (Phi) is 6.56. The first-order valence-electron chi connectivity index (χ1n) is 7.17. The van der Waals surface area contributed by atoms with Gasteiger partial charge in [-0.25, -0.2) is 0 Å². The second-order valence-electron chi connectivity index (χ2n) is 4.65. The number of nitrogens with zero attached hydrogens (tertiary/aromatic N) is 1. The maximum Gasteiger partial charge on any atom is 0.161 e. The van der Waals surface area contributed by atoms with Crippen molar-refractivity contribution in [1.82, 2.24) is 5.43 Å². The van der Waals surface area contributed by atoms with Crippen LogP contribution in [-0.2, 0) is 6.61 Å². The minimum absolute atomic E-state index is 0.333. The minimum atomic E-state index is 0.333. The van der Waals surface area contributed by atoms with Crippen LogP contribution in [0.3, 0.4) is 0 Å². The molecule has 2 aromatic carbocycles. The summed E-state index contributed by atoms with van der Waals surface area (Å²) in [6, 6.07) is 11.0. The lowest BCUT2D eigenvalue weighted by Gasteiger charge is -2.13. The summed E-state index contributed by atoms with van der Waals surface area (Å²) in [5, 5.41) is 5.16. The maximum atomic E-state index is 6.16. The second-order valence-corrected chi connectivity index (χ2v) is 5.49. The average molecular weight is 353 g/mol. The molecule has 1 N–H and O–H groups in total. The van der Waals surface area contributed by atoms with Crippen molar-refractivity contribution in [1.29, 1.82) is 0 Å². The molecule has 0 atom stereocenters. The quantitative estimate of drug-likeness (QED) is 0.588. The van der Waals surface area contributed by atoms with Gasteiger partial charge in [0.05, 0.1) is 12.8 Å². The molecule has 0 aliphatic rings. The molecule has 0 aromatic heterocycles. The lowest BCUT2D eigenvalue weighted by molar-refractivity contribution is 0.269. The van der Waals surface area contributed by atoms with E-state index in [9.17, 15) is 0 Å². The fourth-order valence-electron chi connectivity index (χ4n) is 1.93. The Bertz CT molecular complexity index is 690. The third-order valence-corrected chi connectivity index (χ3v) is 3.60. The molecule has 0 heterocycles. The zero-order chi connectivity index (χ0) is 16.7. The molecule has 0 unspecified atom stereocenters. The Morgan fingerprint density at radius 3 is 2.61 bits per heavy atom. The molecule has 0 amide bonds. The lowest BCUT2D eigenvalue weighted by Crippen LogP contribution is -2.01. The zero-order valence-electron chi connectivity index (χ0n) is 13.0. The van der Waals surface area contributed by atoms with Gasteiger partial charge in [0.1, 0.15) is 6.61 Å². The first kappa shape index (κ1) is 17.4. The Labute approximate surface area is 146 Å². The first-order valence-corrected chi connectivity index (χ1v) is 7.93.